The third-order valence-electron chi connectivity index (χ3n) is 3.29. The molecule has 0 spiro atoms. The van der Waals surface area contributed by atoms with Crippen molar-refractivity contribution >= 4 is 27.6 Å². The van der Waals surface area contributed by atoms with Crippen LogP contribution in [0.2, 0.25) is 0 Å². The fourth-order valence-electron chi connectivity index (χ4n) is 2.05. The quantitative estimate of drug-likeness (QED) is 0.666. The average Bonchev–Trinajstić information content (AvgIpc) is 2.54. The Morgan fingerprint density at radius 1 is 1.36 bits per heavy atom. The Labute approximate surface area is 138 Å². The van der Waals surface area contributed by atoms with Gasteiger partial charge in [0, 0.05) is 12.6 Å². The molecule has 0 saturated carbocycles. The van der Waals surface area contributed by atoms with Gasteiger partial charge in [0.25, 0.3) is 0 Å². The third-order valence-corrected chi connectivity index (χ3v) is 3.67. The van der Waals surface area contributed by atoms with Crippen LogP contribution in [0.3, 0.4) is 0 Å². The monoisotopic (exact) mass is 362 g/mol. The smallest absolute Gasteiger partial charge is 0.216 e. The van der Waals surface area contributed by atoms with E-state index in [0.717, 1.165) is 12.0 Å². The molecule has 22 heavy (non-hydrogen) atoms. The second kappa shape index (κ2) is 7.35. The number of rotatable bonds is 4. The van der Waals surface area contributed by atoms with Gasteiger partial charge in [0.2, 0.25) is 5.90 Å². The summed E-state index contributed by atoms with van der Waals surface area (Å²) in [5, 5.41) is 0. The lowest BCUT2D eigenvalue weighted by Crippen LogP contribution is -2.14. The summed E-state index contributed by atoms with van der Waals surface area (Å²) in [6.45, 7) is 4.00. The maximum atomic E-state index is 5.93. The second-order valence-corrected chi connectivity index (χ2v) is 5.62. The van der Waals surface area contributed by atoms with Crippen molar-refractivity contribution < 1.29 is 4.74 Å². The predicted octanol–water partition coefficient (Wildman–Crippen LogP) is 3.54. The highest BCUT2D eigenvalue weighted by Gasteiger charge is 2.17. The number of hydrogen-bond donors (Lipinski definition) is 1. The van der Waals surface area contributed by atoms with Crippen LogP contribution in [0.15, 0.2) is 40.1 Å². The molecule has 0 fully saturated rings. The van der Waals surface area contributed by atoms with Crippen LogP contribution in [0, 0.1) is 0 Å². The van der Waals surface area contributed by atoms with Crippen LogP contribution in [0.1, 0.15) is 36.8 Å². The molecule has 1 aromatic heterocycles. The number of aromatic nitrogens is 2. The van der Waals surface area contributed by atoms with Crippen LogP contribution >= 0.6 is 15.9 Å². The summed E-state index contributed by atoms with van der Waals surface area (Å²) in [5.41, 5.74) is 8.65. The Hall–Kier alpha value is -1.95. The van der Waals surface area contributed by atoms with Gasteiger partial charge in [-0.15, -0.1) is 0 Å². The molecule has 2 N–H and O–H groups in total. The van der Waals surface area contributed by atoms with E-state index < -0.39 is 0 Å². The molecule has 1 heterocycles. The molecule has 0 aliphatic rings. The molecular weight excluding hydrogens is 344 g/mol. The molecule has 2 aromatic rings. The van der Waals surface area contributed by atoms with Crippen molar-refractivity contribution in [1.82, 2.24) is 9.97 Å². The van der Waals surface area contributed by atoms with E-state index in [2.05, 4.69) is 49.9 Å². The summed E-state index contributed by atoms with van der Waals surface area (Å²) in [5.74, 6) is 0.906. The second-order valence-electron chi connectivity index (χ2n) is 4.80. The van der Waals surface area contributed by atoms with Crippen LogP contribution in [0.5, 0.6) is 0 Å². The Kier molecular flexibility index (Phi) is 5.49. The van der Waals surface area contributed by atoms with Crippen LogP contribution < -0.4 is 5.73 Å². The molecule has 0 bridgehead atoms. The molecule has 0 saturated heterocycles. The molecule has 2 rings (SSSR count). The van der Waals surface area contributed by atoms with Crippen molar-refractivity contribution in [3.05, 3.63) is 51.9 Å². The van der Waals surface area contributed by atoms with E-state index in [1.165, 1.54) is 5.56 Å². The number of hydrogen-bond acceptors (Lipinski definition) is 5. The summed E-state index contributed by atoms with van der Waals surface area (Å²) in [7, 11) is 1.70. The Balaban J connectivity index is 2.20. The Morgan fingerprint density at radius 3 is 2.64 bits per heavy atom. The molecule has 0 aliphatic carbocycles. The van der Waals surface area contributed by atoms with Crippen LogP contribution in [-0.4, -0.2) is 22.9 Å². The fraction of sp³-hybridized carbons (Fsp3) is 0.312. The number of benzene rings is 1. The van der Waals surface area contributed by atoms with Crippen molar-refractivity contribution in [2.75, 3.05) is 12.8 Å². The zero-order valence-electron chi connectivity index (χ0n) is 12.9. The summed E-state index contributed by atoms with van der Waals surface area (Å²) in [4.78, 5) is 12.6. The number of nitrogens with two attached hydrogens (primary N) is 1. The van der Waals surface area contributed by atoms with Gasteiger partial charge in [0.15, 0.2) is 0 Å². The first kappa shape index (κ1) is 16.4. The molecule has 6 heteroatoms. The van der Waals surface area contributed by atoms with Crippen molar-refractivity contribution in [2.45, 2.75) is 26.4 Å². The summed E-state index contributed by atoms with van der Waals surface area (Å²) >= 11 is 3.29. The number of aliphatic imine (C=N–C) groups is 1. The third kappa shape index (κ3) is 3.82. The molecule has 0 amide bonds. The number of aryl methyl sites for hydroxylation is 1. The van der Waals surface area contributed by atoms with E-state index in [4.69, 9.17) is 10.5 Å². The molecule has 1 aromatic carbocycles. The summed E-state index contributed by atoms with van der Waals surface area (Å²) < 4.78 is 6.55. The lowest BCUT2D eigenvalue weighted by atomic mass is 10.1. The van der Waals surface area contributed by atoms with E-state index in [9.17, 15) is 0 Å². The van der Waals surface area contributed by atoms with Gasteiger partial charge < -0.3 is 10.5 Å². The normalized spacial score (nSPS) is 13.0. The van der Waals surface area contributed by atoms with Gasteiger partial charge in [0.1, 0.15) is 22.2 Å². The average molecular weight is 363 g/mol. The molecule has 5 nitrogen and oxygen atoms in total. The van der Waals surface area contributed by atoms with Crippen molar-refractivity contribution in [1.29, 1.82) is 0 Å². The van der Waals surface area contributed by atoms with Gasteiger partial charge in [-0.25, -0.2) is 9.97 Å². The first-order chi connectivity index (χ1) is 10.5. The van der Waals surface area contributed by atoms with Crippen LogP contribution in [-0.2, 0) is 11.2 Å². The molecule has 1 unspecified atom stereocenters. The van der Waals surface area contributed by atoms with E-state index in [1.807, 2.05) is 19.1 Å². The standard InChI is InChI=1S/C16H19BrN4O/c1-4-11-5-7-12(8-6-11)16(19-3)22-10(2)14-15(18)20-9-13(17)21-14/h5-10H,4H2,1-3H3,(H2,18,20). The molecule has 116 valence electrons. The highest BCUT2D eigenvalue weighted by molar-refractivity contribution is 9.10. The Morgan fingerprint density at radius 2 is 2.05 bits per heavy atom. The molecular formula is C16H19BrN4O. The number of nitrogen functional groups attached to an aromatic ring is 1. The van der Waals surface area contributed by atoms with Gasteiger partial charge in [-0.05, 0) is 47.0 Å². The van der Waals surface area contributed by atoms with E-state index in [0.29, 0.717) is 22.0 Å². The lowest BCUT2D eigenvalue weighted by Gasteiger charge is -2.17. The van der Waals surface area contributed by atoms with Gasteiger partial charge in [-0.1, -0.05) is 19.1 Å². The SMILES string of the molecule is CCc1ccc(C(=NC)OC(C)c2nc(Br)cnc2N)cc1. The van der Waals surface area contributed by atoms with Gasteiger partial charge in [0.05, 0.1) is 6.20 Å². The van der Waals surface area contributed by atoms with Crippen molar-refractivity contribution in [2.24, 2.45) is 4.99 Å². The summed E-state index contributed by atoms with van der Waals surface area (Å²) in [6, 6.07) is 8.15. The Bertz CT molecular complexity index is 670. The highest BCUT2D eigenvalue weighted by atomic mass is 79.9. The van der Waals surface area contributed by atoms with Crippen molar-refractivity contribution in [3.63, 3.8) is 0 Å². The largest absolute Gasteiger partial charge is 0.468 e. The summed E-state index contributed by atoms with van der Waals surface area (Å²) in [6.07, 6.45) is 2.21. The minimum absolute atomic E-state index is 0.352. The zero-order valence-corrected chi connectivity index (χ0v) is 14.5. The van der Waals surface area contributed by atoms with Gasteiger partial charge in [-0.3, -0.25) is 4.99 Å². The van der Waals surface area contributed by atoms with Crippen LogP contribution in [0.25, 0.3) is 0 Å². The maximum absolute atomic E-state index is 5.93. The topological polar surface area (TPSA) is 73.4 Å². The highest BCUT2D eigenvalue weighted by Crippen LogP contribution is 2.23. The van der Waals surface area contributed by atoms with E-state index in [-0.39, 0.29) is 6.10 Å². The fourth-order valence-corrected chi connectivity index (χ4v) is 2.34. The maximum Gasteiger partial charge on any atom is 0.216 e. The first-order valence-electron chi connectivity index (χ1n) is 7.05. The van der Waals surface area contributed by atoms with E-state index in [1.54, 1.807) is 13.2 Å². The van der Waals surface area contributed by atoms with Crippen molar-refractivity contribution in [3.8, 4) is 0 Å². The molecule has 1 atom stereocenters. The predicted molar refractivity (Wildman–Crippen MR) is 91.9 cm³/mol. The van der Waals surface area contributed by atoms with E-state index >= 15 is 0 Å². The molecule has 0 radical (unpaired) electrons. The van der Waals surface area contributed by atoms with Gasteiger partial charge >= 0.3 is 0 Å². The molecule has 0 aliphatic heterocycles. The van der Waals surface area contributed by atoms with Gasteiger partial charge in [-0.2, -0.15) is 0 Å². The van der Waals surface area contributed by atoms with Crippen LogP contribution in [0.4, 0.5) is 5.82 Å². The first-order valence-corrected chi connectivity index (χ1v) is 7.85. The number of anilines is 1. The zero-order chi connectivity index (χ0) is 16.1. The number of ether oxygens (including phenoxy) is 1. The minimum atomic E-state index is -0.352. The number of nitrogens with zero attached hydrogens (tertiary/aromatic N) is 3. The number of halogens is 1. The minimum Gasteiger partial charge on any atom is -0.468 e. The lowest BCUT2D eigenvalue weighted by molar-refractivity contribution is 0.208.